The summed E-state index contributed by atoms with van der Waals surface area (Å²) in [5.74, 6) is -0.0939. The molecular formula is C17H19ClN2O. The van der Waals surface area contributed by atoms with Gasteiger partial charge in [0.15, 0.2) is 0 Å². The Kier molecular flexibility index (Phi) is 5.37. The number of hydrogen-bond acceptors (Lipinski definition) is 2. The number of amides is 1. The Hall–Kier alpha value is -1.84. The van der Waals surface area contributed by atoms with Crippen molar-refractivity contribution < 1.29 is 4.79 Å². The van der Waals surface area contributed by atoms with Crippen molar-refractivity contribution in [1.29, 1.82) is 0 Å². The fraction of sp³-hybridized carbons (Fsp3) is 0.235. The van der Waals surface area contributed by atoms with Crippen molar-refractivity contribution in [2.75, 3.05) is 6.54 Å². The minimum absolute atomic E-state index is 0.0939. The van der Waals surface area contributed by atoms with Gasteiger partial charge in [-0.3, -0.25) is 4.79 Å². The Morgan fingerprint density at radius 3 is 2.38 bits per heavy atom. The van der Waals surface area contributed by atoms with Crippen LogP contribution in [-0.4, -0.2) is 17.4 Å². The highest BCUT2D eigenvalue weighted by molar-refractivity contribution is 6.31. The molecule has 0 aromatic heterocycles. The van der Waals surface area contributed by atoms with E-state index in [-0.39, 0.29) is 5.91 Å². The molecule has 0 unspecified atom stereocenters. The third-order valence-electron chi connectivity index (χ3n) is 3.44. The van der Waals surface area contributed by atoms with Crippen LogP contribution in [0.25, 0.3) is 0 Å². The number of nitrogens with zero attached hydrogens (tertiary/aromatic N) is 1. The quantitative estimate of drug-likeness (QED) is 0.920. The molecule has 0 radical (unpaired) electrons. The van der Waals surface area contributed by atoms with Gasteiger partial charge in [-0.25, -0.2) is 0 Å². The van der Waals surface area contributed by atoms with E-state index in [1.807, 2.05) is 61.5 Å². The Morgan fingerprint density at radius 1 is 1.14 bits per heavy atom. The predicted molar refractivity (Wildman–Crippen MR) is 85.9 cm³/mol. The molecule has 21 heavy (non-hydrogen) atoms. The van der Waals surface area contributed by atoms with Crippen LogP contribution in [-0.2, 0) is 11.3 Å². The Bertz CT molecular complexity index is 601. The van der Waals surface area contributed by atoms with Crippen LogP contribution < -0.4 is 5.73 Å². The maximum atomic E-state index is 12.5. The Balaban J connectivity index is 2.14. The van der Waals surface area contributed by atoms with Crippen LogP contribution in [0.3, 0.4) is 0 Å². The molecule has 1 atom stereocenters. The summed E-state index contributed by atoms with van der Waals surface area (Å²) < 4.78 is 0. The van der Waals surface area contributed by atoms with E-state index in [2.05, 4.69) is 0 Å². The molecule has 0 saturated heterocycles. The summed E-state index contributed by atoms with van der Waals surface area (Å²) >= 11 is 6.16. The summed E-state index contributed by atoms with van der Waals surface area (Å²) in [6.07, 6.45) is 0. The van der Waals surface area contributed by atoms with E-state index in [1.54, 1.807) is 4.90 Å². The molecule has 1 amide bonds. The molecule has 0 bridgehead atoms. The maximum Gasteiger partial charge on any atom is 0.244 e. The first-order valence-corrected chi connectivity index (χ1v) is 7.34. The molecule has 2 aromatic rings. The molecular weight excluding hydrogens is 284 g/mol. The lowest BCUT2D eigenvalue weighted by molar-refractivity contribution is -0.133. The molecule has 0 aliphatic rings. The highest BCUT2D eigenvalue weighted by Gasteiger charge is 2.21. The second-order valence-electron chi connectivity index (χ2n) is 4.83. The average Bonchev–Trinajstić information content (AvgIpc) is 2.53. The highest BCUT2D eigenvalue weighted by Crippen LogP contribution is 2.19. The Labute approximate surface area is 130 Å². The first-order chi connectivity index (χ1) is 10.1. The van der Waals surface area contributed by atoms with Crippen molar-refractivity contribution in [2.45, 2.75) is 19.5 Å². The van der Waals surface area contributed by atoms with Crippen molar-refractivity contribution in [3.8, 4) is 0 Å². The normalized spacial score (nSPS) is 12.0. The molecule has 110 valence electrons. The second-order valence-corrected chi connectivity index (χ2v) is 5.24. The molecule has 0 fully saturated rings. The van der Waals surface area contributed by atoms with E-state index in [9.17, 15) is 4.79 Å². The standard InChI is InChI=1S/C17H19ClN2O/c1-2-20(12-14-10-6-7-11-15(14)18)17(21)16(19)13-8-4-3-5-9-13/h3-11,16H,2,12,19H2,1H3/t16-/m0/s1. The van der Waals surface area contributed by atoms with E-state index in [1.165, 1.54) is 0 Å². The largest absolute Gasteiger partial charge is 0.337 e. The van der Waals surface area contributed by atoms with Gasteiger partial charge in [0.1, 0.15) is 6.04 Å². The lowest BCUT2D eigenvalue weighted by Gasteiger charge is -2.25. The summed E-state index contributed by atoms with van der Waals surface area (Å²) in [6, 6.07) is 16.3. The fourth-order valence-corrected chi connectivity index (χ4v) is 2.37. The van der Waals surface area contributed by atoms with Crippen LogP contribution in [0.2, 0.25) is 5.02 Å². The zero-order valence-corrected chi connectivity index (χ0v) is 12.8. The van der Waals surface area contributed by atoms with Gasteiger partial charge < -0.3 is 10.6 Å². The zero-order valence-electron chi connectivity index (χ0n) is 12.0. The van der Waals surface area contributed by atoms with Gasteiger partial charge in [0.2, 0.25) is 5.91 Å². The van der Waals surface area contributed by atoms with E-state index in [0.29, 0.717) is 18.1 Å². The number of carbonyl (C=O) groups excluding carboxylic acids is 1. The first kappa shape index (κ1) is 15.5. The minimum Gasteiger partial charge on any atom is -0.337 e. The van der Waals surface area contributed by atoms with Gasteiger partial charge in [-0.05, 0) is 24.1 Å². The van der Waals surface area contributed by atoms with Gasteiger partial charge in [0.05, 0.1) is 0 Å². The minimum atomic E-state index is -0.645. The smallest absolute Gasteiger partial charge is 0.244 e. The number of likely N-dealkylation sites (N-methyl/N-ethyl adjacent to an activating group) is 1. The van der Waals surface area contributed by atoms with Crippen molar-refractivity contribution in [3.63, 3.8) is 0 Å². The van der Waals surface area contributed by atoms with E-state index in [4.69, 9.17) is 17.3 Å². The van der Waals surface area contributed by atoms with E-state index < -0.39 is 6.04 Å². The molecule has 0 aliphatic heterocycles. The Morgan fingerprint density at radius 2 is 1.76 bits per heavy atom. The van der Waals surface area contributed by atoms with Crippen LogP contribution in [0.1, 0.15) is 24.1 Å². The van der Waals surface area contributed by atoms with Gasteiger partial charge in [0, 0.05) is 18.1 Å². The predicted octanol–water partition coefficient (Wildman–Crippen LogP) is 3.39. The number of carbonyl (C=O) groups is 1. The van der Waals surface area contributed by atoms with Gasteiger partial charge in [-0.2, -0.15) is 0 Å². The number of rotatable bonds is 5. The summed E-state index contributed by atoms with van der Waals surface area (Å²) in [4.78, 5) is 14.3. The molecule has 0 aliphatic carbocycles. The van der Waals surface area contributed by atoms with Crippen molar-refractivity contribution in [3.05, 3.63) is 70.7 Å². The number of nitrogens with two attached hydrogens (primary N) is 1. The molecule has 4 heteroatoms. The van der Waals surface area contributed by atoms with Crippen LogP contribution in [0.4, 0.5) is 0 Å². The van der Waals surface area contributed by atoms with Crippen molar-refractivity contribution >= 4 is 17.5 Å². The monoisotopic (exact) mass is 302 g/mol. The van der Waals surface area contributed by atoms with Gasteiger partial charge in [-0.1, -0.05) is 60.1 Å². The molecule has 0 saturated carbocycles. The fourth-order valence-electron chi connectivity index (χ4n) is 2.18. The van der Waals surface area contributed by atoms with Gasteiger partial charge >= 0.3 is 0 Å². The number of hydrogen-bond donors (Lipinski definition) is 1. The second kappa shape index (κ2) is 7.25. The number of benzene rings is 2. The van der Waals surface area contributed by atoms with Crippen LogP contribution in [0.5, 0.6) is 0 Å². The molecule has 2 rings (SSSR count). The molecule has 0 heterocycles. The molecule has 2 N–H and O–H groups in total. The van der Waals surface area contributed by atoms with Crippen LogP contribution >= 0.6 is 11.6 Å². The van der Waals surface area contributed by atoms with Crippen molar-refractivity contribution in [2.24, 2.45) is 5.73 Å². The van der Waals surface area contributed by atoms with Crippen molar-refractivity contribution in [1.82, 2.24) is 4.90 Å². The van der Waals surface area contributed by atoms with E-state index in [0.717, 1.165) is 11.1 Å². The zero-order chi connectivity index (χ0) is 15.2. The maximum absolute atomic E-state index is 12.5. The van der Waals surface area contributed by atoms with Crippen LogP contribution in [0, 0.1) is 0 Å². The molecule has 2 aromatic carbocycles. The van der Waals surface area contributed by atoms with Gasteiger partial charge in [-0.15, -0.1) is 0 Å². The molecule has 0 spiro atoms. The van der Waals surface area contributed by atoms with E-state index >= 15 is 0 Å². The summed E-state index contributed by atoms with van der Waals surface area (Å²) in [7, 11) is 0. The highest BCUT2D eigenvalue weighted by atomic mass is 35.5. The SMILES string of the molecule is CCN(Cc1ccccc1Cl)C(=O)[C@@H](N)c1ccccc1. The summed E-state index contributed by atoms with van der Waals surface area (Å²) in [6.45, 7) is 2.99. The summed E-state index contributed by atoms with van der Waals surface area (Å²) in [5, 5.41) is 0.664. The summed E-state index contributed by atoms with van der Waals surface area (Å²) in [5.41, 5.74) is 7.83. The first-order valence-electron chi connectivity index (χ1n) is 6.96. The topological polar surface area (TPSA) is 46.3 Å². The third-order valence-corrected chi connectivity index (χ3v) is 3.81. The molecule has 3 nitrogen and oxygen atoms in total. The third kappa shape index (κ3) is 3.84. The lowest BCUT2D eigenvalue weighted by atomic mass is 10.1. The van der Waals surface area contributed by atoms with Crippen LogP contribution in [0.15, 0.2) is 54.6 Å². The number of halogens is 1. The average molecular weight is 303 g/mol. The van der Waals surface area contributed by atoms with Gasteiger partial charge in [0.25, 0.3) is 0 Å². The lowest BCUT2D eigenvalue weighted by Crippen LogP contribution is -2.38.